The van der Waals surface area contributed by atoms with Crippen molar-refractivity contribution >= 4 is 32.8 Å². The average molecular weight is 745 g/mol. The molecule has 216 valence electrons. The molecule has 0 amide bonds. The van der Waals surface area contributed by atoms with Crippen molar-refractivity contribution in [3.63, 3.8) is 0 Å². The number of benzene rings is 3. The molecule has 0 atom stereocenters. The third-order valence-electron chi connectivity index (χ3n) is 7.67. The molecule has 0 N–H and O–H groups in total. The topological polar surface area (TPSA) is 61.0 Å². The van der Waals surface area contributed by atoms with Crippen LogP contribution in [0.3, 0.4) is 0 Å². The quantitative estimate of drug-likeness (QED) is 0.133. The molecule has 0 saturated heterocycles. The second-order valence-electron chi connectivity index (χ2n) is 12.9. The maximum Gasteiger partial charge on any atom is 2.00 e. The molecule has 3 aromatic carbocycles. The molecule has 0 aliphatic rings. The zero-order valence-electron chi connectivity index (χ0n) is 25.0. The molecule has 6 heteroatoms. The molecule has 4 aromatic heterocycles. The monoisotopic (exact) mass is 744 g/mol. The van der Waals surface area contributed by atoms with Gasteiger partial charge in [0.1, 0.15) is 5.58 Å². The summed E-state index contributed by atoms with van der Waals surface area (Å²) in [4.78, 5) is 14.7. The zero-order valence-corrected chi connectivity index (χ0v) is 27.3. The number of hydrogen-bond donors (Lipinski definition) is 0. The third kappa shape index (κ3) is 5.32. The normalized spacial score (nSPS) is 12.2. The van der Waals surface area contributed by atoms with Gasteiger partial charge in [-0.15, -0.1) is 47.5 Å². The summed E-state index contributed by atoms with van der Waals surface area (Å²) in [5.41, 5.74) is 7.46. The molecular weight excluding hydrogens is 714 g/mol. The first-order valence-corrected chi connectivity index (χ1v) is 14.2. The smallest absolute Gasteiger partial charge is 0.476 e. The van der Waals surface area contributed by atoms with Gasteiger partial charge >= 0.3 is 21.1 Å². The molecule has 0 saturated carbocycles. The predicted octanol–water partition coefficient (Wildman–Crippen LogP) is 9.68. The molecule has 5 nitrogen and oxygen atoms in total. The summed E-state index contributed by atoms with van der Waals surface area (Å²) in [5, 5.41) is 3.06. The fourth-order valence-corrected chi connectivity index (χ4v) is 5.39. The van der Waals surface area contributed by atoms with Crippen molar-refractivity contribution in [3.8, 4) is 34.3 Å². The molecule has 0 spiro atoms. The summed E-state index contributed by atoms with van der Waals surface area (Å²) in [5.74, 6) is 1.01. The minimum atomic E-state index is -0.188. The van der Waals surface area contributed by atoms with Gasteiger partial charge in [0, 0.05) is 23.2 Å². The molecule has 0 aliphatic carbocycles. The van der Waals surface area contributed by atoms with Crippen LogP contribution in [0.1, 0.15) is 52.7 Å². The molecule has 7 rings (SSSR count). The Morgan fingerprint density at radius 1 is 0.767 bits per heavy atom. The molecule has 0 bridgehead atoms. The summed E-state index contributed by atoms with van der Waals surface area (Å²) in [7, 11) is 0. The van der Waals surface area contributed by atoms with Crippen molar-refractivity contribution < 1.29 is 30.2 Å². The fourth-order valence-electron chi connectivity index (χ4n) is 5.39. The Kier molecular flexibility index (Phi) is 7.13. The average Bonchev–Trinajstić information content (AvgIpc) is 3.35. The summed E-state index contributed by atoms with van der Waals surface area (Å²) < 4.78 is 12.8. The van der Waals surface area contributed by atoms with E-state index >= 15 is 0 Å². The van der Waals surface area contributed by atoms with Crippen molar-refractivity contribution in [3.05, 3.63) is 102 Å². The van der Waals surface area contributed by atoms with Crippen LogP contribution >= 0.6 is 0 Å². The number of rotatable bonds is 4. The Balaban J connectivity index is 0.00000329. The van der Waals surface area contributed by atoms with Crippen LogP contribution in [0.15, 0.2) is 83.4 Å². The van der Waals surface area contributed by atoms with E-state index in [1.54, 1.807) is 0 Å². The standard InChI is InChI=1S/C37H31N3O2.Pt/c1-36(2,3)25-19-29(23-17-24-21-38-28-13-10-14-30-34(28)33(24)31(18-23)41-30)39-32(20-25)42-35-26(37(4,5)6)15-16-27(40-35)22-11-8-7-9-12-22;/h7-11,13-17,19-21H,1-6H3;/q-2;+2. The van der Waals surface area contributed by atoms with Gasteiger partial charge in [0.2, 0.25) is 11.8 Å². The summed E-state index contributed by atoms with van der Waals surface area (Å²) in [6, 6.07) is 30.9. The summed E-state index contributed by atoms with van der Waals surface area (Å²) in [6.45, 7) is 13.0. The van der Waals surface area contributed by atoms with Crippen molar-refractivity contribution in [1.82, 2.24) is 15.0 Å². The third-order valence-corrected chi connectivity index (χ3v) is 7.67. The van der Waals surface area contributed by atoms with Gasteiger partial charge in [-0.1, -0.05) is 77.3 Å². The molecule has 7 aromatic rings. The Morgan fingerprint density at radius 3 is 2.35 bits per heavy atom. The maximum atomic E-state index is 6.60. The first-order chi connectivity index (χ1) is 20.0. The van der Waals surface area contributed by atoms with E-state index in [0.29, 0.717) is 17.3 Å². The summed E-state index contributed by atoms with van der Waals surface area (Å²) >= 11 is 0. The van der Waals surface area contributed by atoms with Crippen molar-refractivity contribution in [1.29, 1.82) is 0 Å². The number of furan rings is 1. The Labute approximate surface area is 266 Å². The van der Waals surface area contributed by atoms with E-state index in [2.05, 4.69) is 76.9 Å². The van der Waals surface area contributed by atoms with Gasteiger partial charge in [0.15, 0.2) is 0 Å². The van der Waals surface area contributed by atoms with Crippen LogP contribution in [-0.4, -0.2) is 15.0 Å². The van der Waals surface area contributed by atoms with Crippen molar-refractivity contribution in [2.45, 2.75) is 52.4 Å². The molecule has 0 radical (unpaired) electrons. The van der Waals surface area contributed by atoms with Crippen molar-refractivity contribution in [2.75, 3.05) is 0 Å². The maximum absolute atomic E-state index is 6.60. The first-order valence-electron chi connectivity index (χ1n) is 14.2. The van der Waals surface area contributed by atoms with Crippen LogP contribution in [0.25, 0.3) is 55.4 Å². The molecule has 0 aliphatic heterocycles. The van der Waals surface area contributed by atoms with Crippen LogP contribution in [0.4, 0.5) is 0 Å². The van der Waals surface area contributed by atoms with E-state index in [9.17, 15) is 0 Å². The van der Waals surface area contributed by atoms with E-state index in [0.717, 1.165) is 60.9 Å². The number of nitrogens with zero attached hydrogens (tertiary/aromatic N) is 3. The second kappa shape index (κ2) is 10.6. The largest absolute Gasteiger partial charge is 2.00 e. The number of aromatic nitrogens is 3. The number of ether oxygens (including phenoxy) is 1. The van der Waals surface area contributed by atoms with E-state index in [1.165, 1.54) is 0 Å². The Hall–Kier alpha value is -4.08. The van der Waals surface area contributed by atoms with Crippen LogP contribution in [0.5, 0.6) is 11.8 Å². The SMILES string of the molecule is CC(C)(C)c1cc(Oc2nc(-c3[c-]cccc3)ccc2C(C)(C)C)nc(-c2[c-]c3oc4cccc5ncc(c2)c3c54)c1.[Pt+2]. The minimum absolute atomic E-state index is 0. The second-order valence-corrected chi connectivity index (χ2v) is 12.9. The Morgan fingerprint density at radius 2 is 1.60 bits per heavy atom. The van der Waals surface area contributed by atoms with Gasteiger partial charge in [-0.3, -0.25) is 15.0 Å². The van der Waals surface area contributed by atoms with Crippen LogP contribution in [0, 0.1) is 12.1 Å². The van der Waals surface area contributed by atoms with Gasteiger partial charge in [0.05, 0.1) is 11.1 Å². The van der Waals surface area contributed by atoms with Crippen LogP contribution in [-0.2, 0) is 31.9 Å². The Bertz CT molecular complexity index is 2090. The molecule has 0 fully saturated rings. The molecular formula is C37H31N3O2Pt. The first kappa shape index (κ1) is 29.0. The van der Waals surface area contributed by atoms with Gasteiger partial charge in [-0.25, -0.2) is 0 Å². The molecule has 43 heavy (non-hydrogen) atoms. The van der Waals surface area contributed by atoms with Crippen LogP contribution in [0.2, 0.25) is 0 Å². The number of hydrogen-bond acceptors (Lipinski definition) is 5. The van der Waals surface area contributed by atoms with E-state index in [1.807, 2.05) is 60.8 Å². The van der Waals surface area contributed by atoms with Gasteiger partial charge in [-0.2, -0.15) is 0 Å². The fraction of sp³-hybridized carbons (Fsp3) is 0.216. The van der Waals surface area contributed by atoms with E-state index in [4.69, 9.17) is 19.1 Å². The van der Waals surface area contributed by atoms with E-state index < -0.39 is 0 Å². The summed E-state index contributed by atoms with van der Waals surface area (Å²) in [6.07, 6.45) is 1.90. The van der Waals surface area contributed by atoms with Gasteiger partial charge < -0.3 is 9.15 Å². The van der Waals surface area contributed by atoms with E-state index in [-0.39, 0.29) is 31.9 Å². The molecule has 0 unspecified atom stereocenters. The number of pyridine rings is 3. The molecule has 4 heterocycles. The van der Waals surface area contributed by atoms with Crippen molar-refractivity contribution in [2.24, 2.45) is 0 Å². The zero-order chi connectivity index (χ0) is 29.2. The predicted molar refractivity (Wildman–Crippen MR) is 168 cm³/mol. The van der Waals surface area contributed by atoms with Gasteiger partial charge in [0.25, 0.3) is 0 Å². The minimum Gasteiger partial charge on any atom is -0.476 e. The van der Waals surface area contributed by atoms with Crippen LogP contribution < -0.4 is 4.74 Å². The van der Waals surface area contributed by atoms with Gasteiger partial charge in [-0.05, 0) is 45.3 Å².